The quantitative estimate of drug-likeness (QED) is 0.0270. The lowest BCUT2D eigenvalue weighted by Crippen LogP contribution is -2.48. The van der Waals surface area contributed by atoms with Gasteiger partial charge in [-0.25, -0.2) is 0 Å². The van der Waals surface area contributed by atoms with Gasteiger partial charge in [-0.3, -0.25) is 29.1 Å². The molecule has 12 aromatic rings. The van der Waals surface area contributed by atoms with Crippen molar-refractivity contribution < 1.29 is 86.4 Å². The Morgan fingerprint density at radius 1 is 0.460 bits per heavy atom. The van der Waals surface area contributed by atoms with Gasteiger partial charge in [0.2, 0.25) is 41.1 Å². The average Bonchev–Trinajstić information content (AvgIpc) is 1.60. The molecule has 0 aliphatic carbocycles. The van der Waals surface area contributed by atoms with Crippen LogP contribution in [0.25, 0.3) is 34.2 Å². The van der Waals surface area contributed by atoms with Crippen LogP contribution in [0.1, 0.15) is 118 Å². The van der Waals surface area contributed by atoms with E-state index in [1.807, 2.05) is 178 Å². The fourth-order valence-corrected chi connectivity index (χ4v) is 14.0. The molecule has 3 amide bonds. The van der Waals surface area contributed by atoms with Crippen LogP contribution in [0.15, 0.2) is 244 Å². The lowest BCUT2D eigenvalue weighted by atomic mass is 9.97. The second-order valence-electron chi connectivity index (χ2n) is 30.3. The molecule has 2 aliphatic rings. The summed E-state index contributed by atoms with van der Waals surface area (Å²) in [7, 11) is 2.13. The number of hydrogen-bond acceptors (Lipinski definition) is 19. The van der Waals surface area contributed by atoms with Gasteiger partial charge >= 0.3 is 18.5 Å². The summed E-state index contributed by atoms with van der Waals surface area (Å²) in [5.41, 5.74) is 6.67. The van der Waals surface area contributed by atoms with Crippen LogP contribution < -0.4 is 34.9 Å². The van der Waals surface area contributed by atoms with Gasteiger partial charge in [-0.05, 0) is 163 Å². The van der Waals surface area contributed by atoms with Gasteiger partial charge in [-0.15, -0.1) is 0 Å². The summed E-state index contributed by atoms with van der Waals surface area (Å²) < 4.78 is 155. The fraction of sp³-hybridized carbons (Fsp3) is 0.323. The molecular formula is C93H95F9N12O10. The van der Waals surface area contributed by atoms with Gasteiger partial charge in [-0.1, -0.05) is 183 Å². The first-order chi connectivity index (χ1) is 59.6. The number of rotatable bonds is 31. The number of aromatic nitrogens is 6. The normalized spacial score (nSPS) is 14.8. The van der Waals surface area contributed by atoms with Crippen LogP contribution in [0.5, 0.6) is 23.0 Å². The molecular weight excluding hydrogens is 1620 g/mol. The van der Waals surface area contributed by atoms with Crippen molar-refractivity contribution in [3.05, 3.63) is 298 Å². The molecule has 650 valence electrons. The predicted molar refractivity (Wildman–Crippen MR) is 445 cm³/mol. The Bertz CT molecular complexity index is 5310. The molecule has 0 spiro atoms. The Morgan fingerprint density at radius 3 is 1.34 bits per heavy atom. The largest absolute Gasteiger partial charge is 0.493 e. The van der Waals surface area contributed by atoms with Crippen molar-refractivity contribution in [1.29, 1.82) is 0 Å². The summed E-state index contributed by atoms with van der Waals surface area (Å²) in [5, 5.41) is 20.8. The van der Waals surface area contributed by atoms with E-state index in [1.54, 1.807) is 0 Å². The van der Waals surface area contributed by atoms with Crippen molar-refractivity contribution in [2.75, 3.05) is 72.7 Å². The number of carbonyl (C=O) groups excluding carboxylic acids is 3. The molecule has 9 aromatic carbocycles. The fourth-order valence-electron chi connectivity index (χ4n) is 14.0. The zero-order chi connectivity index (χ0) is 87.8. The monoisotopic (exact) mass is 1710 g/mol. The van der Waals surface area contributed by atoms with Crippen LogP contribution in [0.3, 0.4) is 0 Å². The van der Waals surface area contributed by atoms with Crippen molar-refractivity contribution in [1.82, 2.24) is 61.1 Å². The molecule has 14 rings (SSSR count). The third-order valence-corrected chi connectivity index (χ3v) is 20.8. The van der Waals surface area contributed by atoms with Gasteiger partial charge in [0.1, 0.15) is 48.7 Å². The highest BCUT2D eigenvalue weighted by Crippen LogP contribution is 2.37. The van der Waals surface area contributed by atoms with Crippen LogP contribution in [-0.2, 0) is 45.9 Å². The number of aryl methyl sites for hydroxylation is 4. The van der Waals surface area contributed by atoms with Gasteiger partial charge < -0.3 is 48.5 Å². The number of carbonyl (C=O) groups is 3. The minimum Gasteiger partial charge on any atom is -0.493 e. The molecule has 2 aliphatic heterocycles. The van der Waals surface area contributed by atoms with E-state index < -0.39 is 53.4 Å². The summed E-state index contributed by atoms with van der Waals surface area (Å²) in [6.45, 7) is 12.6. The lowest BCUT2D eigenvalue weighted by molar-refractivity contribution is -0.138. The molecule has 3 N–H and O–H groups in total. The zero-order valence-corrected chi connectivity index (χ0v) is 68.9. The molecule has 4 atom stereocenters. The summed E-state index contributed by atoms with van der Waals surface area (Å²) >= 11 is 0. The Labute approximate surface area is 711 Å². The summed E-state index contributed by atoms with van der Waals surface area (Å²) in [4.78, 5) is 59.6. The lowest BCUT2D eigenvalue weighted by Gasteiger charge is -2.38. The predicted octanol–water partition coefficient (Wildman–Crippen LogP) is 18.2. The number of likely N-dealkylation sites (tertiary alicyclic amines) is 2. The van der Waals surface area contributed by atoms with Crippen LogP contribution >= 0.6 is 0 Å². The smallest absolute Gasteiger partial charge is 0.416 e. The molecule has 22 nitrogen and oxygen atoms in total. The number of ether oxygens (including phenoxy) is 4. The summed E-state index contributed by atoms with van der Waals surface area (Å²) in [5.74, 6) is 2.69. The van der Waals surface area contributed by atoms with Crippen molar-refractivity contribution >= 4 is 17.7 Å². The second kappa shape index (κ2) is 42.9. The zero-order valence-electron chi connectivity index (χ0n) is 68.9. The number of nitrogens with zero attached hydrogens (tertiary/aromatic N) is 9. The first kappa shape index (κ1) is 90.5. The third-order valence-electron chi connectivity index (χ3n) is 20.8. The van der Waals surface area contributed by atoms with Gasteiger partial charge in [0.15, 0.2) is 12.1 Å². The third kappa shape index (κ3) is 26.6. The first-order valence-corrected chi connectivity index (χ1v) is 40.5. The number of hydrogen-bond donors (Lipinski definition) is 3. The van der Waals surface area contributed by atoms with E-state index in [0.717, 1.165) is 119 Å². The molecule has 31 heteroatoms. The van der Waals surface area contributed by atoms with Gasteiger partial charge in [-0.2, -0.15) is 54.5 Å². The maximum atomic E-state index is 13.6. The van der Waals surface area contributed by atoms with E-state index >= 15 is 0 Å². The van der Waals surface area contributed by atoms with Crippen LogP contribution in [0.4, 0.5) is 39.5 Å². The number of halogens is 9. The molecule has 2 unspecified atom stereocenters. The Hall–Kier alpha value is -12.7. The van der Waals surface area contributed by atoms with Crippen LogP contribution in [-0.4, -0.2) is 142 Å². The van der Waals surface area contributed by atoms with E-state index in [9.17, 15) is 53.9 Å². The highest BCUT2D eigenvalue weighted by molar-refractivity contribution is 5.83. The molecule has 0 saturated carbocycles. The van der Waals surface area contributed by atoms with Gasteiger partial charge in [0.25, 0.3) is 11.8 Å². The molecule has 2 fully saturated rings. The van der Waals surface area contributed by atoms with Gasteiger partial charge in [0.05, 0.1) is 36.4 Å². The van der Waals surface area contributed by atoms with E-state index in [2.05, 4.69) is 75.4 Å². The highest BCUT2D eigenvalue weighted by Gasteiger charge is 2.39. The summed E-state index contributed by atoms with van der Waals surface area (Å²) in [6, 6.07) is 62.7. The standard InChI is InChI=1S/C33H36F3N5O3.C33H35F3N4O4.C27H24F3N3O3/c1-23-8-10-25(11-9-23)30-38-32(44-39-30)29(31(42)37-18-21-43-28-14-12-26(13-15-28)33(34,35)36)41-19-16-27(17-20-41)40(2)22-24-6-4-3-5-7-24;1-22-5-9-25(10-6-22)30-38-32(44-39-30)29(31(41)37-17-19-42-27-15-11-26(12-16-27)33(34,35)36)40-18-3-4-24(20-40)21-43-28-13-7-23(2)8-14-28;1-18-7-9-20(10-8-18)26-32-25(36-33-26)17-24(34)31-16-15-23(19-5-3-2-4-6-19)35-22-13-11-21(12-14-22)27(28,29)30/h3-15,27,29H,16-22H2,1-2H3,(H,37,42);5-16,24,29H,3-4,17-21H2,1-2H3,(H,37,41);2-14,23H,15-17H2,1H3,(H,31,34)/t;24-,29?;23-/m.11/s1. The maximum Gasteiger partial charge on any atom is 0.416 e. The summed E-state index contributed by atoms with van der Waals surface area (Å²) in [6.07, 6.45) is -9.86. The van der Waals surface area contributed by atoms with E-state index in [4.69, 9.17) is 32.5 Å². The van der Waals surface area contributed by atoms with Crippen molar-refractivity contribution in [3.8, 4) is 57.2 Å². The number of benzene rings is 9. The van der Waals surface area contributed by atoms with Crippen LogP contribution in [0, 0.1) is 33.6 Å². The minimum absolute atomic E-state index is 0.0648. The highest BCUT2D eigenvalue weighted by atomic mass is 19.4. The maximum absolute atomic E-state index is 13.6. The number of piperidine rings is 2. The SMILES string of the molecule is Cc1ccc(-c2noc(C(C(=O)NCCOc3ccc(C(F)(F)F)cc3)N3CCC(N(C)Cc4ccccc4)CC3)n2)cc1.Cc1ccc(-c2noc(CC(=O)NCC[C@@H](Oc3ccc(C(F)(F)F)cc3)c3ccccc3)n2)cc1.Cc1ccc(OC[C@@H]2CCCN(C(C(=O)NCCOc3ccc(C(F)(F)F)cc3)c3nc(-c4ccc(C)cc4)no3)C2)cc1. The van der Waals surface area contributed by atoms with Crippen molar-refractivity contribution in [2.45, 2.75) is 116 Å². The average molecular weight is 1710 g/mol. The Morgan fingerprint density at radius 2 is 0.871 bits per heavy atom. The van der Waals surface area contributed by atoms with E-state index in [-0.39, 0.29) is 92.1 Å². The molecule has 5 heterocycles. The van der Waals surface area contributed by atoms with Crippen molar-refractivity contribution in [2.24, 2.45) is 5.92 Å². The molecule has 3 aromatic heterocycles. The minimum atomic E-state index is -4.42. The molecule has 0 bridgehead atoms. The van der Waals surface area contributed by atoms with Crippen molar-refractivity contribution in [3.63, 3.8) is 0 Å². The van der Waals surface area contributed by atoms with E-state index in [1.165, 1.54) is 42.0 Å². The van der Waals surface area contributed by atoms with E-state index in [0.29, 0.717) is 68.5 Å². The second-order valence-corrected chi connectivity index (χ2v) is 30.3. The number of amides is 3. The topological polar surface area (TPSA) is 251 Å². The molecule has 2 saturated heterocycles. The first-order valence-electron chi connectivity index (χ1n) is 40.5. The number of alkyl halides is 9. The number of nitrogens with one attached hydrogen (secondary N) is 3. The molecule has 0 radical (unpaired) electrons. The Balaban J connectivity index is 0.000000171. The Kier molecular flexibility index (Phi) is 31.3. The molecule has 124 heavy (non-hydrogen) atoms. The van der Waals surface area contributed by atoms with Crippen LogP contribution in [0.2, 0.25) is 0 Å². The van der Waals surface area contributed by atoms with Gasteiger partial charge in [0, 0.05) is 67.8 Å².